The van der Waals surface area contributed by atoms with Crippen LogP contribution in [0.4, 0.5) is 5.69 Å². The van der Waals surface area contributed by atoms with E-state index in [1.54, 1.807) is 7.11 Å². The van der Waals surface area contributed by atoms with Gasteiger partial charge in [-0.15, -0.1) is 0 Å². The summed E-state index contributed by atoms with van der Waals surface area (Å²) in [6, 6.07) is 4.26. The molecule has 0 unspecified atom stereocenters. The predicted octanol–water partition coefficient (Wildman–Crippen LogP) is 3.12. The fourth-order valence-electron chi connectivity index (χ4n) is 1.35. The van der Waals surface area contributed by atoms with Gasteiger partial charge in [0.25, 0.3) is 0 Å². The van der Waals surface area contributed by atoms with Gasteiger partial charge in [-0.2, -0.15) is 0 Å². The van der Waals surface area contributed by atoms with Crippen molar-refractivity contribution in [2.75, 3.05) is 25.6 Å². The minimum absolute atomic E-state index is 0.730. The largest absolute Gasteiger partial charge is 0.383 e. The molecule has 0 heterocycles. The average molecular weight is 258 g/mol. The highest BCUT2D eigenvalue weighted by atomic mass is 79.9. The minimum Gasteiger partial charge on any atom is -0.383 e. The van der Waals surface area contributed by atoms with E-state index in [9.17, 15) is 0 Å². The topological polar surface area (TPSA) is 21.3 Å². The van der Waals surface area contributed by atoms with Crippen LogP contribution in [0.15, 0.2) is 16.6 Å². The predicted molar refractivity (Wildman–Crippen MR) is 64.0 cm³/mol. The summed E-state index contributed by atoms with van der Waals surface area (Å²) in [5, 5.41) is 3.31. The van der Waals surface area contributed by atoms with Crippen LogP contribution in [0.5, 0.6) is 0 Å². The van der Waals surface area contributed by atoms with Gasteiger partial charge in [0.05, 0.1) is 6.61 Å². The van der Waals surface area contributed by atoms with E-state index in [1.807, 2.05) is 0 Å². The Hall–Kier alpha value is -0.540. The van der Waals surface area contributed by atoms with E-state index in [1.165, 1.54) is 15.6 Å². The molecule has 0 fully saturated rings. The molecule has 0 amide bonds. The molecule has 0 saturated carbocycles. The van der Waals surface area contributed by atoms with E-state index in [0.717, 1.165) is 18.8 Å². The van der Waals surface area contributed by atoms with Gasteiger partial charge < -0.3 is 10.1 Å². The molecular formula is C11H16BrNO. The van der Waals surface area contributed by atoms with Crippen molar-refractivity contribution in [3.8, 4) is 0 Å². The Kier molecular flexibility index (Phi) is 4.42. The van der Waals surface area contributed by atoms with E-state index < -0.39 is 0 Å². The maximum atomic E-state index is 4.98. The highest BCUT2D eigenvalue weighted by Gasteiger charge is 2.01. The summed E-state index contributed by atoms with van der Waals surface area (Å²) in [6.07, 6.45) is 0. The number of halogens is 1. The summed E-state index contributed by atoms with van der Waals surface area (Å²) in [6.45, 7) is 5.77. The molecule has 0 bridgehead atoms. The molecule has 0 aliphatic rings. The van der Waals surface area contributed by atoms with Gasteiger partial charge in [0.2, 0.25) is 0 Å². The van der Waals surface area contributed by atoms with Crippen molar-refractivity contribution in [3.05, 3.63) is 27.7 Å². The number of benzene rings is 1. The zero-order valence-corrected chi connectivity index (χ0v) is 10.4. The Balaban J connectivity index is 2.69. The Morgan fingerprint density at radius 3 is 2.36 bits per heavy atom. The second-order valence-corrected chi connectivity index (χ2v) is 4.14. The summed E-state index contributed by atoms with van der Waals surface area (Å²) < 4.78 is 6.17. The van der Waals surface area contributed by atoms with E-state index in [2.05, 4.69) is 47.2 Å². The first-order valence-corrected chi connectivity index (χ1v) is 5.44. The van der Waals surface area contributed by atoms with Crippen molar-refractivity contribution in [2.24, 2.45) is 0 Å². The molecule has 0 atom stereocenters. The second kappa shape index (κ2) is 5.37. The maximum Gasteiger partial charge on any atom is 0.0635 e. The summed E-state index contributed by atoms with van der Waals surface area (Å²) in [7, 11) is 1.71. The quantitative estimate of drug-likeness (QED) is 0.838. The van der Waals surface area contributed by atoms with Crippen LogP contribution in [-0.2, 0) is 4.74 Å². The number of methoxy groups -OCH3 is 1. The monoisotopic (exact) mass is 257 g/mol. The number of hydrogen-bond acceptors (Lipinski definition) is 2. The normalized spacial score (nSPS) is 10.3. The van der Waals surface area contributed by atoms with Gasteiger partial charge in [-0.25, -0.2) is 0 Å². The van der Waals surface area contributed by atoms with Crippen molar-refractivity contribution in [1.29, 1.82) is 0 Å². The highest BCUT2D eigenvalue weighted by molar-refractivity contribution is 9.10. The van der Waals surface area contributed by atoms with E-state index in [4.69, 9.17) is 4.74 Å². The van der Waals surface area contributed by atoms with Crippen LogP contribution < -0.4 is 5.32 Å². The molecule has 0 aliphatic heterocycles. The average Bonchev–Trinajstić information content (AvgIpc) is 2.14. The SMILES string of the molecule is COCCNc1cc(C)c(Br)c(C)c1. The van der Waals surface area contributed by atoms with Gasteiger partial charge in [-0.3, -0.25) is 0 Å². The molecule has 78 valence electrons. The van der Waals surface area contributed by atoms with Gasteiger partial charge >= 0.3 is 0 Å². The second-order valence-electron chi connectivity index (χ2n) is 3.34. The van der Waals surface area contributed by atoms with E-state index >= 15 is 0 Å². The van der Waals surface area contributed by atoms with Gasteiger partial charge in [0.1, 0.15) is 0 Å². The molecule has 2 nitrogen and oxygen atoms in total. The maximum absolute atomic E-state index is 4.98. The molecule has 1 aromatic rings. The van der Waals surface area contributed by atoms with Crippen LogP contribution in [0.25, 0.3) is 0 Å². The van der Waals surface area contributed by atoms with Crippen molar-refractivity contribution >= 4 is 21.6 Å². The fourth-order valence-corrected chi connectivity index (χ4v) is 1.57. The smallest absolute Gasteiger partial charge is 0.0635 e. The molecule has 1 aromatic carbocycles. The number of ether oxygens (including phenoxy) is 1. The number of nitrogens with one attached hydrogen (secondary N) is 1. The summed E-state index contributed by atoms with van der Waals surface area (Å²) in [5.41, 5.74) is 3.66. The molecule has 1 N–H and O–H groups in total. The van der Waals surface area contributed by atoms with Crippen LogP contribution in [0.2, 0.25) is 0 Å². The Morgan fingerprint density at radius 2 is 1.86 bits per heavy atom. The first kappa shape index (κ1) is 11.5. The lowest BCUT2D eigenvalue weighted by Crippen LogP contribution is -2.07. The van der Waals surface area contributed by atoms with Crippen molar-refractivity contribution in [3.63, 3.8) is 0 Å². The first-order valence-electron chi connectivity index (χ1n) is 4.64. The number of hydrogen-bond donors (Lipinski definition) is 1. The van der Waals surface area contributed by atoms with E-state index in [-0.39, 0.29) is 0 Å². The summed E-state index contributed by atoms with van der Waals surface area (Å²) in [5.74, 6) is 0. The van der Waals surface area contributed by atoms with Crippen LogP contribution in [0.3, 0.4) is 0 Å². The third kappa shape index (κ3) is 3.00. The number of aryl methyl sites for hydroxylation is 2. The lowest BCUT2D eigenvalue weighted by Gasteiger charge is -2.09. The third-order valence-corrected chi connectivity index (χ3v) is 3.32. The third-order valence-electron chi connectivity index (χ3n) is 2.07. The zero-order valence-electron chi connectivity index (χ0n) is 8.86. The molecule has 0 saturated heterocycles. The lowest BCUT2D eigenvalue weighted by atomic mass is 10.1. The Bertz CT molecular complexity index is 289. The molecule has 0 radical (unpaired) electrons. The first-order chi connectivity index (χ1) is 6.65. The molecule has 1 rings (SSSR count). The minimum atomic E-state index is 0.730. The molecule has 0 aromatic heterocycles. The summed E-state index contributed by atoms with van der Waals surface area (Å²) >= 11 is 3.54. The molecule has 3 heteroatoms. The van der Waals surface area contributed by atoms with Crippen LogP contribution in [0, 0.1) is 13.8 Å². The van der Waals surface area contributed by atoms with Gasteiger partial charge in [-0.1, -0.05) is 15.9 Å². The summed E-state index contributed by atoms with van der Waals surface area (Å²) in [4.78, 5) is 0. The standard InChI is InChI=1S/C11H16BrNO/c1-8-6-10(13-4-5-14-3)7-9(2)11(8)12/h6-7,13H,4-5H2,1-3H3. The van der Waals surface area contributed by atoms with Gasteiger partial charge in [-0.05, 0) is 37.1 Å². The van der Waals surface area contributed by atoms with Crippen LogP contribution in [0.1, 0.15) is 11.1 Å². The van der Waals surface area contributed by atoms with Crippen molar-refractivity contribution in [1.82, 2.24) is 0 Å². The van der Waals surface area contributed by atoms with Crippen molar-refractivity contribution < 1.29 is 4.74 Å². The Labute approximate surface area is 93.8 Å². The number of rotatable bonds is 4. The van der Waals surface area contributed by atoms with E-state index in [0.29, 0.717) is 0 Å². The van der Waals surface area contributed by atoms with Gasteiger partial charge in [0, 0.05) is 23.8 Å². The molecular weight excluding hydrogens is 242 g/mol. The van der Waals surface area contributed by atoms with Crippen LogP contribution in [-0.4, -0.2) is 20.3 Å². The van der Waals surface area contributed by atoms with Crippen LogP contribution >= 0.6 is 15.9 Å². The lowest BCUT2D eigenvalue weighted by molar-refractivity contribution is 0.211. The highest BCUT2D eigenvalue weighted by Crippen LogP contribution is 2.24. The van der Waals surface area contributed by atoms with Gasteiger partial charge in [0.15, 0.2) is 0 Å². The Morgan fingerprint density at radius 1 is 1.29 bits per heavy atom. The fraction of sp³-hybridized carbons (Fsp3) is 0.455. The zero-order chi connectivity index (χ0) is 10.6. The number of anilines is 1. The van der Waals surface area contributed by atoms with Crippen molar-refractivity contribution in [2.45, 2.75) is 13.8 Å². The molecule has 0 spiro atoms. The molecule has 0 aliphatic carbocycles. The molecule has 14 heavy (non-hydrogen) atoms.